The van der Waals surface area contributed by atoms with Gasteiger partial charge in [-0.25, -0.2) is 13.4 Å². The van der Waals surface area contributed by atoms with Gasteiger partial charge in [0.25, 0.3) is 10.0 Å². The van der Waals surface area contributed by atoms with Crippen LogP contribution in [0, 0.1) is 12.8 Å². The van der Waals surface area contributed by atoms with Crippen molar-refractivity contribution in [3.05, 3.63) is 11.2 Å². The van der Waals surface area contributed by atoms with Crippen molar-refractivity contribution in [1.82, 2.24) is 14.6 Å². The third-order valence-electron chi connectivity index (χ3n) is 4.01. The van der Waals surface area contributed by atoms with E-state index in [0.717, 1.165) is 43.8 Å². The first-order valence-electron chi connectivity index (χ1n) is 7.22. The molecule has 1 aliphatic carbocycles. The molecule has 1 saturated heterocycles. The molecule has 0 radical (unpaired) electrons. The number of hydrogen-bond acceptors (Lipinski definition) is 5. The zero-order valence-corrected chi connectivity index (χ0v) is 13.3. The predicted octanol–water partition coefficient (Wildman–Crippen LogP) is 1.60. The highest BCUT2D eigenvalue weighted by atomic mass is 32.2. The number of nitrogens with one attached hydrogen (secondary N) is 1. The van der Waals surface area contributed by atoms with Crippen molar-refractivity contribution in [3.63, 3.8) is 0 Å². The maximum absolute atomic E-state index is 12.8. The standard InChI is InChI=1S/C13H21N3O2S2/c1-10-15-8-13(19-10)20(17,18)16(12-2-3-12)9-11-4-6-14-7-5-11/h8,11-12,14H,2-7,9H2,1H3. The lowest BCUT2D eigenvalue weighted by Gasteiger charge is -2.29. The molecular weight excluding hydrogens is 294 g/mol. The number of thiazole rings is 1. The molecular formula is C13H21N3O2S2. The molecule has 112 valence electrons. The molecule has 3 rings (SSSR count). The van der Waals surface area contributed by atoms with Gasteiger partial charge >= 0.3 is 0 Å². The highest BCUT2D eigenvalue weighted by Crippen LogP contribution is 2.35. The molecule has 20 heavy (non-hydrogen) atoms. The molecule has 1 aromatic rings. The van der Waals surface area contributed by atoms with Gasteiger partial charge in [-0.3, -0.25) is 0 Å². The minimum absolute atomic E-state index is 0.220. The minimum Gasteiger partial charge on any atom is -0.317 e. The van der Waals surface area contributed by atoms with Crippen LogP contribution in [0.2, 0.25) is 0 Å². The Labute approximate surface area is 124 Å². The molecule has 1 aliphatic heterocycles. The number of piperidine rings is 1. The van der Waals surface area contributed by atoms with E-state index in [2.05, 4.69) is 10.3 Å². The van der Waals surface area contributed by atoms with Crippen LogP contribution >= 0.6 is 11.3 Å². The summed E-state index contributed by atoms with van der Waals surface area (Å²) in [5.41, 5.74) is 0. The minimum atomic E-state index is -3.35. The Hall–Kier alpha value is -0.500. The van der Waals surface area contributed by atoms with Gasteiger partial charge < -0.3 is 5.32 Å². The van der Waals surface area contributed by atoms with Gasteiger partial charge in [-0.15, -0.1) is 11.3 Å². The van der Waals surface area contributed by atoms with Gasteiger partial charge in [-0.2, -0.15) is 4.31 Å². The first kappa shape index (κ1) is 14.4. The van der Waals surface area contributed by atoms with E-state index in [1.807, 2.05) is 6.92 Å². The van der Waals surface area contributed by atoms with E-state index >= 15 is 0 Å². The third kappa shape index (κ3) is 3.05. The van der Waals surface area contributed by atoms with E-state index in [4.69, 9.17) is 0 Å². The van der Waals surface area contributed by atoms with Crippen molar-refractivity contribution in [3.8, 4) is 0 Å². The number of rotatable bonds is 5. The normalized spacial score (nSPS) is 21.5. The fourth-order valence-electron chi connectivity index (χ4n) is 2.70. The summed E-state index contributed by atoms with van der Waals surface area (Å²) in [6.07, 6.45) is 5.65. The van der Waals surface area contributed by atoms with Gasteiger partial charge in [0.05, 0.1) is 11.2 Å². The van der Waals surface area contributed by atoms with Crippen LogP contribution in [-0.4, -0.2) is 43.4 Å². The molecule has 1 N–H and O–H groups in total. The number of aromatic nitrogens is 1. The molecule has 2 aliphatic rings. The second-order valence-corrected chi connectivity index (χ2v) is 9.05. The summed E-state index contributed by atoms with van der Waals surface area (Å²) in [6.45, 7) is 4.52. The monoisotopic (exact) mass is 315 g/mol. The Morgan fingerprint density at radius 1 is 1.35 bits per heavy atom. The van der Waals surface area contributed by atoms with Crippen LogP contribution in [0.15, 0.2) is 10.4 Å². The summed E-state index contributed by atoms with van der Waals surface area (Å²) >= 11 is 1.28. The molecule has 0 atom stereocenters. The number of aryl methyl sites for hydroxylation is 1. The largest absolute Gasteiger partial charge is 0.317 e. The molecule has 1 saturated carbocycles. The van der Waals surface area contributed by atoms with Crippen molar-refractivity contribution in [1.29, 1.82) is 0 Å². The molecule has 0 unspecified atom stereocenters. The van der Waals surface area contributed by atoms with Gasteiger partial charge in [0, 0.05) is 12.6 Å². The molecule has 5 nitrogen and oxygen atoms in total. The number of nitrogens with zero attached hydrogens (tertiary/aromatic N) is 2. The van der Waals surface area contributed by atoms with Gasteiger partial charge in [0.15, 0.2) is 4.21 Å². The fourth-order valence-corrected chi connectivity index (χ4v) is 5.70. The van der Waals surface area contributed by atoms with Gasteiger partial charge in [0.1, 0.15) is 0 Å². The average molecular weight is 315 g/mol. The first-order valence-corrected chi connectivity index (χ1v) is 9.48. The highest BCUT2D eigenvalue weighted by molar-refractivity contribution is 7.91. The van der Waals surface area contributed by atoms with Crippen molar-refractivity contribution in [2.45, 2.75) is 42.9 Å². The van der Waals surface area contributed by atoms with Crippen LogP contribution in [0.5, 0.6) is 0 Å². The molecule has 0 aromatic carbocycles. The zero-order valence-electron chi connectivity index (χ0n) is 11.7. The second kappa shape index (κ2) is 5.71. The van der Waals surface area contributed by atoms with Crippen LogP contribution in [-0.2, 0) is 10.0 Å². The Kier molecular flexibility index (Phi) is 4.12. The smallest absolute Gasteiger partial charge is 0.254 e. The maximum atomic E-state index is 12.8. The third-order valence-corrected chi connectivity index (χ3v) is 7.28. The lowest BCUT2D eigenvalue weighted by atomic mass is 9.98. The zero-order chi connectivity index (χ0) is 14.2. The summed E-state index contributed by atoms with van der Waals surface area (Å²) in [7, 11) is -3.35. The van der Waals surface area contributed by atoms with Crippen molar-refractivity contribution < 1.29 is 8.42 Å². The molecule has 2 fully saturated rings. The van der Waals surface area contributed by atoms with Crippen LogP contribution in [0.25, 0.3) is 0 Å². The van der Waals surface area contributed by atoms with Gasteiger partial charge in [0.2, 0.25) is 0 Å². The van der Waals surface area contributed by atoms with Crippen LogP contribution < -0.4 is 5.32 Å². The molecule has 0 spiro atoms. The number of hydrogen-bond donors (Lipinski definition) is 1. The summed E-state index contributed by atoms with van der Waals surface area (Å²) < 4.78 is 27.7. The molecule has 1 aromatic heterocycles. The van der Waals surface area contributed by atoms with E-state index in [9.17, 15) is 8.42 Å². The number of sulfonamides is 1. The van der Waals surface area contributed by atoms with Crippen LogP contribution in [0.4, 0.5) is 0 Å². The quantitative estimate of drug-likeness (QED) is 0.896. The highest BCUT2D eigenvalue weighted by Gasteiger charge is 2.40. The summed E-state index contributed by atoms with van der Waals surface area (Å²) in [4.78, 5) is 4.09. The second-order valence-electron chi connectivity index (χ2n) is 5.70. The van der Waals surface area contributed by atoms with Crippen molar-refractivity contribution >= 4 is 21.4 Å². The van der Waals surface area contributed by atoms with Gasteiger partial charge in [-0.05, 0) is 51.6 Å². The van der Waals surface area contributed by atoms with Crippen LogP contribution in [0.1, 0.15) is 30.7 Å². The van der Waals surface area contributed by atoms with E-state index in [0.29, 0.717) is 16.7 Å². The lowest BCUT2D eigenvalue weighted by Crippen LogP contribution is -2.40. The van der Waals surface area contributed by atoms with Gasteiger partial charge in [-0.1, -0.05) is 0 Å². The van der Waals surface area contributed by atoms with E-state index < -0.39 is 10.0 Å². The molecule has 7 heteroatoms. The predicted molar refractivity (Wildman–Crippen MR) is 79.4 cm³/mol. The Morgan fingerprint density at radius 2 is 2.05 bits per heavy atom. The van der Waals surface area contributed by atoms with Crippen molar-refractivity contribution in [2.75, 3.05) is 19.6 Å². The Balaban J connectivity index is 1.79. The first-order chi connectivity index (χ1) is 9.57. The summed E-state index contributed by atoms with van der Waals surface area (Å²) in [5.74, 6) is 0.487. The Morgan fingerprint density at radius 3 is 2.60 bits per heavy atom. The average Bonchev–Trinajstić information content (AvgIpc) is 3.17. The lowest BCUT2D eigenvalue weighted by molar-refractivity contribution is 0.283. The van der Waals surface area contributed by atoms with Crippen LogP contribution in [0.3, 0.4) is 0 Å². The summed E-state index contributed by atoms with van der Waals surface area (Å²) in [6, 6.07) is 0.220. The van der Waals surface area contributed by atoms with E-state index in [1.54, 1.807) is 4.31 Å². The molecule has 2 heterocycles. The Bertz CT molecular complexity index is 560. The molecule has 0 bridgehead atoms. The SMILES string of the molecule is Cc1ncc(S(=O)(=O)N(CC2CCNCC2)C2CC2)s1. The maximum Gasteiger partial charge on any atom is 0.254 e. The summed E-state index contributed by atoms with van der Waals surface area (Å²) in [5, 5.41) is 4.14. The topological polar surface area (TPSA) is 62.3 Å². The molecule has 0 amide bonds. The fraction of sp³-hybridized carbons (Fsp3) is 0.769. The van der Waals surface area contributed by atoms with E-state index in [-0.39, 0.29) is 6.04 Å². The van der Waals surface area contributed by atoms with E-state index in [1.165, 1.54) is 17.5 Å². The van der Waals surface area contributed by atoms with Crippen molar-refractivity contribution in [2.24, 2.45) is 5.92 Å².